The molecule has 0 spiro atoms. The third-order valence-corrected chi connectivity index (χ3v) is 5.97. The number of aryl methyl sites for hydroxylation is 1. The predicted octanol–water partition coefficient (Wildman–Crippen LogP) is 5.84. The highest BCUT2D eigenvalue weighted by molar-refractivity contribution is 9.10. The molecule has 0 unspecified atom stereocenters. The van der Waals surface area contributed by atoms with Crippen LogP contribution < -0.4 is 5.32 Å². The number of nitrogens with one attached hydrogen (secondary N) is 1. The standard InChI is InChI=1S/C25H22BrFN2O/c26-23-7-3-1-5-19(23)15-28-25(30)14-11-20-17-29(24-8-4-2-6-22(20)24)16-18-9-12-21(27)13-10-18/h1-10,12-13,17H,11,14-16H2,(H,28,30). The number of benzene rings is 3. The molecule has 3 aromatic carbocycles. The fourth-order valence-electron chi connectivity index (χ4n) is 3.61. The Morgan fingerprint density at radius 1 is 0.933 bits per heavy atom. The van der Waals surface area contributed by atoms with Crippen molar-refractivity contribution >= 4 is 32.7 Å². The van der Waals surface area contributed by atoms with Crippen LogP contribution in [0.2, 0.25) is 0 Å². The van der Waals surface area contributed by atoms with Crippen LogP contribution in [0.15, 0.2) is 83.5 Å². The first-order valence-corrected chi connectivity index (χ1v) is 10.7. The van der Waals surface area contributed by atoms with Gasteiger partial charge in [0.25, 0.3) is 0 Å². The van der Waals surface area contributed by atoms with Gasteiger partial charge in [0, 0.05) is 41.1 Å². The summed E-state index contributed by atoms with van der Waals surface area (Å²) in [4.78, 5) is 12.4. The normalized spacial score (nSPS) is 11.0. The van der Waals surface area contributed by atoms with Gasteiger partial charge in [0.2, 0.25) is 5.91 Å². The SMILES string of the molecule is O=C(CCc1cn(Cc2ccc(F)cc2)c2ccccc12)NCc1ccccc1Br. The molecule has 4 rings (SSSR count). The van der Waals surface area contributed by atoms with Crippen LogP contribution in [0.25, 0.3) is 10.9 Å². The monoisotopic (exact) mass is 464 g/mol. The van der Waals surface area contributed by atoms with Crippen molar-refractivity contribution in [3.8, 4) is 0 Å². The lowest BCUT2D eigenvalue weighted by atomic mass is 10.1. The molecule has 1 heterocycles. The van der Waals surface area contributed by atoms with Crippen LogP contribution in [0.1, 0.15) is 23.1 Å². The molecule has 0 aliphatic carbocycles. The van der Waals surface area contributed by atoms with Gasteiger partial charge in [0.05, 0.1) is 0 Å². The number of rotatable bonds is 7. The summed E-state index contributed by atoms with van der Waals surface area (Å²) in [5.41, 5.74) is 4.35. The van der Waals surface area contributed by atoms with Crippen molar-refractivity contribution in [1.82, 2.24) is 9.88 Å². The topological polar surface area (TPSA) is 34.0 Å². The van der Waals surface area contributed by atoms with Gasteiger partial charge in [-0.25, -0.2) is 4.39 Å². The highest BCUT2D eigenvalue weighted by Gasteiger charge is 2.11. The lowest BCUT2D eigenvalue weighted by molar-refractivity contribution is -0.121. The number of nitrogens with zero attached hydrogens (tertiary/aromatic N) is 1. The number of carbonyl (C=O) groups excluding carboxylic acids is 1. The van der Waals surface area contributed by atoms with Crippen molar-refractivity contribution in [3.05, 3.63) is 106 Å². The van der Waals surface area contributed by atoms with E-state index in [9.17, 15) is 9.18 Å². The molecule has 0 saturated carbocycles. The van der Waals surface area contributed by atoms with Crippen LogP contribution in [0.4, 0.5) is 4.39 Å². The first-order chi connectivity index (χ1) is 14.6. The molecule has 5 heteroatoms. The number of aromatic nitrogens is 1. The number of para-hydroxylation sites is 1. The fraction of sp³-hybridized carbons (Fsp3) is 0.160. The summed E-state index contributed by atoms with van der Waals surface area (Å²) in [6, 6.07) is 22.6. The summed E-state index contributed by atoms with van der Waals surface area (Å²) < 4.78 is 16.4. The predicted molar refractivity (Wildman–Crippen MR) is 122 cm³/mol. The van der Waals surface area contributed by atoms with E-state index in [1.165, 1.54) is 12.1 Å². The molecule has 1 aromatic heterocycles. The quantitative estimate of drug-likeness (QED) is 0.366. The minimum absolute atomic E-state index is 0.0288. The average Bonchev–Trinajstić information content (AvgIpc) is 3.11. The van der Waals surface area contributed by atoms with E-state index < -0.39 is 0 Å². The smallest absolute Gasteiger partial charge is 0.220 e. The largest absolute Gasteiger partial charge is 0.352 e. The summed E-state index contributed by atoms with van der Waals surface area (Å²) in [7, 11) is 0. The van der Waals surface area contributed by atoms with Gasteiger partial charge in [-0.15, -0.1) is 0 Å². The molecular formula is C25H22BrFN2O. The van der Waals surface area contributed by atoms with Gasteiger partial charge in [0.15, 0.2) is 0 Å². The van der Waals surface area contributed by atoms with Crippen LogP contribution >= 0.6 is 15.9 Å². The highest BCUT2D eigenvalue weighted by Crippen LogP contribution is 2.24. The number of amides is 1. The van der Waals surface area contributed by atoms with E-state index in [-0.39, 0.29) is 11.7 Å². The third-order valence-electron chi connectivity index (χ3n) is 5.19. The molecule has 30 heavy (non-hydrogen) atoms. The summed E-state index contributed by atoms with van der Waals surface area (Å²) in [6.07, 6.45) is 3.20. The van der Waals surface area contributed by atoms with Gasteiger partial charge >= 0.3 is 0 Å². The molecule has 0 saturated heterocycles. The summed E-state index contributed by atoms with van der Waals surface area (Å²) in [5, 5.41) is 4.15. The van der Waals surface area contributed by atoms with Crippen molar-refractivity contribution in [2.24, 2.45) is 0 Å². The molecule has 0 radical (unpaired) electrons. The number of fused-ring (bicyclic) bond motifs is 1. The number of hydrogen-bond acceptors (Lipinski definition) is 1. The van der Waals surface area contributed by atoms with Gasteiger partial charge < -0.3 is 9.88 Å². The third kappa shape index (κ3) is 4.79. The maximum Gasteiger partial charge on any atom is 0.220 e. The lowest BCUT2D eigenvalue weighted by Gasteiger charge is -2.07. The molecule has 3 nitrogen and oxygen atoms in total. The van der Waals surface area contributed by atoms with Crippen molar-refractivity contribution in [1.29, 1.82) is 0 Å². The summed E-state index contributed by atoms with van der Waals surface area (Å²) in [5.74, 6) is -0.202. The molecule has 0 atom stereocenters. The van der Waals surface area contributed by atoms with Crippen LogP contribution in [-0.4, -0.2) is 10.5 Å². The second-order valence-corrected chi connectivity index (χ2v) is 8.15. The summed E-state index contributed by atoms with van der Waals surface area (Å²) in [6.45, 7) is 1.17. The van der Waals surface area contributed by atoms with Gasteiger partial charge in [-0.3, -0.25) is 4.79 Å². The van der Waals surface area contributed by atoms with Crippen molar-refractivity contribution in [2.45, 2.75) is 25.9 Å². The molecule has 152 valence electrons. The number of halogens is 2. The van der Waals surface area contributed by atoms with Crippen molar-refractivity contribution in [2.75, 3.05) is 0 Å². The second kappa shape index (κ2) is 9.26. The van der Waals surface area contributed by atoms with E-state index in [1.807, 2.05) is 36.4 Å². The van der Waals surface area contributed by atoms with E-state index in [0.717, 1.165) is 32.1 Å². The Labute approximate surface area is 183 Å². The first kappa shape index (κ1) is 20.4. The molecule has 0 aliphatic rings. The van der Waals surface area contributed by atoms with Crippen molar-refractivity contribution in [3.63, 3.8) is 0 Å². The maximum atomic E-state index is 13.2. The molecule has 0 bridgehead atoms. The molecule has 0 aliphatic heterocycles. The Hall–Kier alpha value is -2.92. The highest BCUT2D eigenvalue weighted by atomic mass is 79.9. The number of carbonyl (C=O) groups is 1. The van der Waals surface area contributed by atoms with Gasteiger partial charge in [-0.05, 0) is 47.4 Å². The maximum absolute atomic E-state index is 13.2. The zero-order valence-corrected chi connectivity index (χ0v) is 18.0. The first-order valence-electron chi connectivity index (χ1n) is 9.91. The van der Waals surface area contributed by atoms with Gasteiger partial charge in [-0.1, -0.05) is 64.5 Å². The van der Waals surface area contributed by atoms with Crippen LogP contribution in [0.5, 0.6) is 0 Å². The Morgan fingerprint density at radius 2 is 1.67 bits per heavy atom. The van der Waals surface area contributed by atoms with Gasteiger partial charge in [0.1, 0.15) is 5.82 Å². The minimum atomic E-state index is -0.231. The van der Waals surface area contributed by atoms with Gasteiger partial charge in [-0.2, -0.15) is 0 Å². The van der Waals surface area contributed by atoms with Crippen LogP contribution in [0, 0.1) is 5.82 Å². The second-order valence-electron chi connectivity index (χ2n) is 7.29. The fourth-order valence-corrected chi connectivity index (χ4v) is 4.04. The average molecular weight is 465 g/mol. The molecule has 4 aromatic rings. The Kier molecular flexibility index (Phi) is 6.29. The van der Waals surface area contributed by atoms with E-state index in [2.05, 4.69) is 44.1 Å². The minimum Gasteiger partial charge on any atom is -0.352 e. The summed E-state index contributed by atoms with van der Waals surface area (Å²) >= 11 is 3.51. The van der Waals surface area contributed by atoms with E-state index in [1.54, 1.807) is 12.1 Å². The Balaban J connectivity index is 1.44. The molecule has 1 N–H and O–H groups in total. The zero-order chi connectivity index (χ0) is 20.9. The van der Waals surface area contributed by atoms with E-state index >= 15 is 0 Å². The number of hydrogen-bond donors (Lipinski definition) is 1. The van der Waals surface area contributed by atoms with Crippen molar-refractivity contribution < 1.29 is 9.18 Å². The van der Waals surface area contributed by atoms with E-state index in [4.69, 9.17) is 0 Å². The van der Waals surface area contributed by atoms with E-state index in [0.29, 0.717) is 25.9 Å². The molecule has 0 fully saturated rings. The van der Waals surface area contributed by atoms with Crippen LogP contribution in [-0.2, 0) is 24.3 Å². The molecular weight excluding hydrogens is 443 g/mol. The lowest BCUT2D eigenvalue weighted by Crippen LogP contribution is -2.23. The Morgan fingerprint density at radius 3 is 2.47 bits per heavy atom. The molecule has 1 amide bonds. The Bertz CT molecular complexity index is 1170. The van der Waals surface area contributed by atoms with Crippen LogP contribution in [0.3, 0.4) is 0 Å². The zero-order valence-electron chi connectivity index (χ0n) is 16.4.